The quantitative estimate of drug-likeness (QED) is 0.0964. The largest absolute Gasteiger partial charge is 0.481 e. The summed E-state index contributed by atoms with van der Waals surface area (Å²) in [4.78, 5) is 9.60. The molecule has 0 spiro atoms. The number of carboxylic acids is 1. The topological polar surface area (TPSA) is 205 Å². The number of unbranched alkanes of at least 4 members (excludes halogenated alkanes) is 3. The van der Waals surface area contributed by atoms with Crippen LogP contribution >= 0.6 is 23.2 Å². The third-order valence-corrected chi connectivity index (χ3v) is 5.40. The molecule has 0 radical (unpaired) electrons. The van der Waals surface area contributed by atoms with Crippen LogP contribution in [-0.4, -0.2) is 48.0 Å². The Morgan fingerprint density at radius 1 is 0.675 bits per heavy atom. The summed E-state index contributed by atoms with van der Waals surface area (Å²) in [6.07, 6.45) is 4.73. The van der Waals surface area contributed by atoms with Crippen molar-refractivity contribution in [3.63, 3.8) is 0 Å². The average Bonchev–Trinajstić information content (AvgIpc) is 2.88. The molecule has 0 aliphatic heterocycles. The first-order valence-corrected chi connectivity index (χ1v) is 13.5. The van der Waals surface area contributed by atoms with E-state index in [-0.39, 0.29) is 23.8 Å². The highest BCUT2D eigenvalue weighted by Crippen LogP contribution is 2.13. The number of hydrogen-bond acceptors (Lipinski definition) is 5. The maximum atomic E-state index is 9.60. The lowest BCUT2D eigenvalue weighted by molar-refractivity contribution is -0.137. The molecule has 0 aliphatic rings. The Balaban J connectivity index is 0.00000120. The third-order valence-electron chi connectivity index (χ3n) is 4.90. The summed E-state index contributed by atoms with van der Waals surface area (Å²) in [6, 6.07) is 13.9. The van der Waals surface area contributed by atoms with Gasteiger partial charge >= 0.3 is 5.97 Å². The third kappa shape index (κ3) is 17.5. The first kappa shape index (κ1) is 34.0. The summed E-state index contributed by atoms with van der Waals surface area (Å²) in [7, 11) is 0. The highest BCUT2D eigenvalue weighted by atomic mass is 35.5. The Labute approximate surface area is 244 Å². The van der Waals surface area contributed by atoms with Crippen LogP contribution in [0.1, 0.15) is 45.4 Å². The molecular formula is C26H38Cl2N10O2. The second-order valence-electron chi connectivity index (χ2n) is 8.43. The number of anilines is 2. The molecule has 0 aliphatic carbocycles. The molecule has 0 aromatic heterocycles. The zero-order chi connectivity index (χ0) is 29.8. The van der Waals surface area contributed by atoms with Gasteiger partial charge in [-0.05, 0) is 67.8 Å². The number of halogens is 2. The monoisotopic (exact) mass is 592 g/mol. The molecule has 11 N–H and O–H groups in total. The number of nitrogens with one attached hydrogen (secondary N) is 10. The predicted molar refractivity (Wildman–Crippen MR) is 164 cm³/mol. The van der Waals surface area contributed by atoms with Crippen molar-refractivity contribution < 1.29 is 9.90 Å². The Morgan fingerprint density at radius 3 is 1.35 bits per heavy atom. The zero-order valence-corrected chi connectivity index (χ0v) is 23.9. The molecule has 14 heteroatoms. The van der Waals surface area contributed by atoms with Crippen molar-refractivity contribution in [2.45, 2.75) is 45.4 Å². The van der Waals surface area contributed by atoms with E-state index in [1.54, 1.807) is 48.5 Å². The predicted octanol–water partition coefficient (Wildman–Crippen LogP) is 5.05. The Bertz CT molecular complexity index is 1020. The lowest BCUT2D eigenvalue weighted by Gasteiger charge is -2.13. The molecule has 12 nitrogen and oxygen atoms in total. The minimum Gasteiger partial charge on any atom is -0.481 e. The van der Waals surface area contributed by atoms with E-state index in [4.69, 9.17) is 49.9 Å². The molecule has 0 saturated carbocycles. The van der Waals surface area contributed by atoms with Gasteiger partial charge in [0.25, 0.3) is 0 Å². The average molecular weight is 594 g/mol. The number of carbonyl (C=O) groups is 1. The molecule has 2 aromatic carbocycles. The SMILES string of the molecule is CCCC(=O)O.N=C(NCCCCCCNC(=N)NC(=N)Nc1ccc(Cl)cc1)NC(=N)Nc1ccc(Cl)cc1. The first-order valence-electron chi connectivity index (χ1n) is 12.7. The Morgan fingerprint density at radius 2 is 1.05 bits per heavy atom. The lowest BCUT2D eigenvalue weighted by Crippen LogP contribution is -2.43. The Kier molecular flexibility index (Phi) is 17.0. The molecule has 0 fully saturated rings. The number of aliphatic carboxylic acids is 1. The smallest absolute Gasteiger partial charge is 0.303 e. The van der Waals surface area contributed by atoms with Gasteiger partial charge in [0, 0.05) is 40.9 Å². The van der Waals surface area contributed by atoms with Gasteiger partial charge in [-0.2, -0.15) is 0 Å². The van der Waals surface area contributed by atoms with Crippen LogP contribution in [0.2, 0.25) is 10.0 Å². The maximum Gasteiger partial charge on any atom is 0.303 e. The van der Waals surface area contributed by atoms with Gasteiger partial charge in [0.15, 0.2) is 23.8 Å². The van der Waals surface area contributed by atoms with Crippen molar-refractivity contribution in [1.29, 1.82) is 21.6 Å². The normalized spacial score (nSPS) is 9.78. The van der Waals surface area contributed by atoms with Gasteiger partial charge in [-0.1, -0.05) is 43.0 Å². The van der Waals surface area contributed by atoms with Crippen LogP contribution in [0, 0.1) is 21.6 Å². The van der Waals surface area contributed by atoms with Gasteiger partial charge in [0.2, 0.25) is 0 Å². The van der Waals surface area contributed by atoms with Crippen LogP contribution < -0.4 is 31.9 Å². The minimum atomic E-state index is -0.711. The molecule has 0 bridgehead atoms. The summed E-state index contributed by atoms with van der Waals surface area (Å²) in [5.74, 6) is -0.598. The van der Waals surface area contributed by atoms with E-state index in [0.29, 0.717) is 40.9 Å². The molecule has 0 unspecified atom stereocenters. The Hall–Kier alpha value is -4.03. The van der Waals surface area contributed by atoms with Crippen molar-refractivity contribution in [1.82, 2.24) is 21.3 Å². The van der Waals surface area contributed by atoms with Gasteiger partial charge in [-0.15, -0.1) is 0 Å². The molecule has 0 heterocycles. The van der Waals surface area contributed by atoms with Crippen molar-refractivity contribution in [2.75, 3.05) is 23.7 Å². The number of carboxylic acid groups (broad SMARTS) is 1. The second-order valence-corrected chi connectivity index (χ2v) is 9.30. The summed E-state index contributed by atoms with van der Waals surface area (Å²) >= 11 is 11.7. The zero-order valence-electron chi connectivity index (χ0n) is 22.4. The molecular weight excluding hydrogens is 555 g/mol. The lowest BCUT2D eigenvalue weighted by atomic mass is 10.2. The van der Waals surface area contributed by atoms with Crippen molar-refractivity contribution >= 4 is 64.4 Å². The number of rotatable bonds is 11. The first-order chi connectivity index (χ1) is 19.1. The second kappa shape index (κ2) is 20.0. The maximum absolute atomic E-state index is 9.60. The van der Waals surface area contributed by atoms with E-state index in [1.807, 2.05) is 6.92 Å². The van der Waals surface area contributed by atoms with E-state index < -0.39 is 5.97 Å². The number of hydrogen-bond donors (Lipinski definition) is 11. The van der Waals surface area contributed by atoms with Crippen LogP contribution in [0.4, 0.5) is 11.4 Å². The van der Waals surface area contributed by atoms with Crippen LogP contribution in [-0.2, 0) is 4.79 Å². The summed E-state index contributed by atoms with van der Waals surface area (Å²) in [5.41, 5.74) is 1.42. The van der Waals surface area contributed by atoms with Crippen LogP contribution in [0.5, 0.6) is 0 Å². The number of guanidine groups is 4. The van der Waals surface area contributed by atoms with Gasteiger partial charge in [0.1, 0.15) is 0 Å². The molecule has 40 heavy (non-hydrogen) atoms. The fraction of sp³-hybridized carbons (Fsp3) is 0.346. The molecule has 0 saturated heterocycles. The van der Waals surface area contributed by atoms with E-state index in [2.05, 4.69) is 31.9 Å². The van der Waals surface area contributed by atoms with Gasteiger partial charge < -0.3 is 26.4 Å². The van der Waals surface area contributed by atoms with Gasteiger partial charge in [0.05, 0.1) is 0 Å². The summed E-state index contributed by atoms with van der Waals surface area (Å²) in [5, 5.41) is 57.4. The van der Waals surface area contributed by atoms with E-state index in [1.165, 1.54) is 0 Å². The molecule has 0 atom stereocenters. The van der Waals surface area contributed by atoms with Gasteiger partial charge in [-0.3, -0.25) is 37.1 Å². The van der Waals surface area contributed by atoms with Gasteiger partial charge in [-0.25, -0.2) is 0 Å². The summed E-state index contributed by atoms with van der Waals surface area (Å²) < 4.78 is 0. The minimum absolute atomic E-state index is 0.00148. The molecule has 2 aromatic rings. The fourth-order valence-electron chi connectivity index (χ4n) is 3.00. The van der Waals surface area contributed by atoms with E-state index in [0.717, 1.165) is 32.1 Å². The molecule has 0 amide bonds. The number of benzene rings is 2. The molecule has 2 rings (SSSR count). The van der Waals surface area contributed by atoms with Crippen LogP contribution in [0.15, 0.2) is 48.5 Å². The van der Waals surface area contributed by atoms with E-state index >= 15 is 0 Å². The van der Waals surface area contributed by atoms with Crippen LogP contribution in [0.3, 0.4) is 0 Å². The van der Waals surface area contributed by atoms with Crippen molar-refractivity contribution in [3.05, 3.63) is 58.6 Å². The molecule has 218 valence electrons. The van der Waals surface area contributed by atoms with E-state index in [9.17, 15) is 4.79 Å². The van der Waals surface area contributed by atoms with Crippen molar-refractivity contribution in [3.8, 4) is 0 Å². The standard InChI is InChI=1S/C22H30Cl2N10.C4H8O2/c23-15-5-9-17(10-6-15)31-21(27)33-19(25)29-13-3-1-2-4-14-30-20(26)34-22(28)32-18-11-7-16(24)8-12-18;1-2-3-4(5)6/h5-12H,1-4,13-14H2,(H5,25,27,29,31,33)(H5,26,28,30,32,34);2-3H2,1H3,(H,5,6). The fourth-order valence-corrected chi connectivity index (χ4v) is 3.25. The summed E-state index contributed by atoms with van der Waals surface area (Å²) in [6.45, 7) is 3.09. The van der Waals surface area contributed by atoms with Crippen LogP contribution in [0.25, 0.3) is 0 Å². The van der Waals surface area contributed by atoms with Crippen molar-refractivity contribution in [2.24, 2.45) is 0 Å². The highest BCUT2D eigenvalue weighted by molar-refractivity contribution is 6.31. The highest BCUT2D eigenvalue weighted by Gasteiger charge is 2.03.